The molecule has 9 rings (SSSR count). The van der Waals surface area contributed by atoms with Crippen molar-refractivity contribution in [3.8, 4) is 44.5 Å². The summed E-state index contributed by atoms with van der Waals surface area (Å²) in [6, 6.07) is 57.9. The second-order valence-corrected chi connectivity index (χ2v) is 13.1. The summed E-state index contributed by atoms with van der Waals surface area (Å²) in [5.74, 6) is 0. The van der Waals surface area contributed by atoms with E-state index in [9.17, 15) is 0 Å². The molecule has 0 N–H and O–H groups in total. The zero-order valence-corrected chi connectivity index (χ0v) is 27.5. The summed E-state index contributed by atoms with van der Waals surface area (Å²) in [4.78, 5) is 2.42. The average molecular weight is 614 g/mol. The van der Waals surface area contributed by atoms with Gasteiger partial charge in [-0.1, -0.05) is 127 Å². The van der Waals surface area contributed by atoms with Crippen LogP contribution in [0, 0.1) is 20.8 Å². The van der Waals surface area contributed by atoms with Crippen molar-refractivity contribution in [3.05, 3.63) is 174 Å². The van der Waals surface area contributed by atoms with E-state index in [1.165, 1.54) is 88.4 Å². The molecule has 0 atom stereocenters. The molecule has 1 aliphatic carbocycles. The number of para-hydroxylation sites is 1. The number of aryl methyl sites for hydroxylation is 3. The first-order valence-electron chi connectivity index (χ1n) is 16.8. The summed E-state index contributed by atoms with van der Waals surface area (Å²) in [7, 11) is 0. The largest absolute Gasteiger partial charge is 0.310 e. The van der Waals surface area contributed by atoms with Gasteiger partial charge in [0.05, 0.1) is 5.69 Å². The van der Waals surface area contributed by atoms with Crippen LogP contribution in [0.25, 0.3) is 66.1 Å². The van der Waals surface area contributed by atoms with Gasteiger partial charge in [0.25, 0.3) is 0 Å². The van der Waals surface area contributed by atoms with Crippen LogP contribution in [0.4, 0.5) is 17.1 Å². The molecule has 0 saturated carbocycles. The number of nitrogens with zero attached hydrogens (tertiary/aromatic N) is 1. The summed E-state index contributed by atoms with van der Waals surface area (Å²) < 4.78 is 0. The van der Waals surface area contributed by atoms with E-state index in [-0.39, 0.29) is 0 Å². The highest BCUT2D eigenvalue weighted by Gasteiger charge is 2.32. The van der Waals surface area contributed by atoms with Crippen LogP contribution in [0.3, 0.4) is 0 Å². The molecule has 0 aromatic heterocycles. The molecule has 0 saturated heterocycles. The van der Waals surface area contributed by atoms with Crippen molar-refractivity contribution in [2.45, 2.75) is 20.8 Å². The van der Waals surface area contributed by atoms with Gasteiger partial charge < -0.3 is 4.90 Å². The Morgan fingerprint density at radius 2 is 0.854 bits per heavy atom. The topological polar surface area (TPSA) is 3.24 Å². The Hall–Kier alpha value is -5.92. The summed E-state index contributed by atoms with van der Waals surface area (Å²) in [6.07, 6.45) is 0. The fourth-order valence-electron chi connectivity index (χ4n) is 8.07. The van der Waals surface area contributed by atoms with Crippen molar-refractivity contribution in [1.82, 2.24) is 0 Å². The van der Waals surface area contributed by atoms with E-state index >= 15 is 0 Å². The Morgan fingerprint density at radius 1 is 0.375 bits per heavy atom. The molecule has 1 heteroatoms. The number of benzene rings is 8. The Morgan fingerprint density at radius 3 is 1.40 bits per heavy atom. The highest BCUT2D eigenvalue weighted by molar-refractivity contribution is 6.26. The maximum absolute atomic E-state index is 2.44. The summed E-state index contributed by atoms with van der Waals surface area (Å²) in [5.41, 5.74) is 17.9. The highest BCUT2D eigenvalue weighted by atomic mass is 15.1. The first kappa shape index (κ1) is 28.3. The van der Waals surface area contributed by atoms with Crippen molar-refractivity contribution >= 4 is 38.6 Å². The fraction of sp³-hybridized carbons (Fsp3) is 0.0638. The van der Waals surface area contributed by atoms with E-state index < -0.39 is 0 Å². The lowest BCUT2D eigenvalue weighted by molar-refractivity contribution is 1.21. The summed E-state index contributed by atoms with van der Waals surface area (Å²) >= 11 is 0. The van der Waals surface area contributed by atoms with Crippen LogP contribution in [0.1, 0.15) is 16.7 Å². The van der Waals surface area contributed by atoms with E-state index in [0.29, 0.717) is 0 Å². The standard InChI is InChI=1S/C47H35N/c1-30-25-31(2)47(32(3)26-30)48(37-19-11-6-12-20-37)38-24-23-35-28-41-42(29-36(35)27-38)46-44(34-17-9-5-10-18-34)40-22-14-13-21-39(40)43(45(41)46)33-15-7-4-8-16-33/h4-29H,1-3H3. The Bertz CT molecular complexity index is 2490. The van der Waals surface area contributed by atoms with E-state index in [4.69, 9.17) is 0 Å². The third-order valence-electron chi connectivity index (χ3n) is 9.97. The number of rotatable bonds is 5. The van der Waals surface area contributed by atoms with Gasteiger partial charge in [0, 0.05) is 11.4 Å². The van der Waals surface area contributed by atoms with Crippen LogP contribution >= 0.6 is 0 Å². The second-order valence-electron chi connectivity index (χ2n) is 13.1. The molecular weight excluding hydrogens is 579 g/mol. The molecule has 0 heterocycles. The highest BCUT2D eigenvalue weighted by Crippen LogP contribution is 2.59. The summed E-state index contributed by atoms with van der Waals surface area (Å²) in [6.45, 7) is 6.63. The van der Waals surface area contributed by atoms with Gasteiger partial charge in [-0.25, -0.2) is 0 Å². The Labute approximate surface area is 282 Å². The van der Waals surface area contributed by atoms with Gasteiger partial charge >= 0.3 is 0 Å². The average Bonchev–Trinajstić information content (AvgIpc) is 3.12. The molecule has 0 spiro atoms. The smallest absolute Gasteiger partial charge is 0.0520 e. The third-order valence-corrected chi connectivity index (χ3v) is 9.97. The third kappa shape index (κ3) is 4.39. The number of hydrogen-bond acceptors (Lipinski definition) is 1. The molecule has 48 heavy (non-hydrogen) atoms. The van der Waals surface area contributed by atoms with Crippen LogP contribution < -0.4 is 4.90 Å². The van der Waals surface area contributed by atoms with Crippen LogP contribution in [-0.4, -0.2) is 0 Å². The molecule has 0 radical (unpaired) electrons. The minimum atomic E-state index is 1.16. The molecular formula is C47H35N. The molecule has 0 amide bonds. The molecule has 8 aromatic rings. The zero-order valence-electron chi connectivity index (χ0n) is 27.5. The maximum atomic E-state index is 2.44. The van der Waals surface area contributed by atoms with Gasteiger partial charge in [0.15, 0.2) is 0 Å². The van der Waals surface area contributed by atoms with Gasteiger partial charge in [-0.3, -0.25) is 0 Å². The Balaban J connectivity index is 1.30. The van der Waals surface area contributed by atoms with E-state index in [0.717, 1.165) is 11.4 Å². The second kappa shape index (κ2) is 11.1. The lowest BCUT2D eigenvalue weighted by atomic mass is 9.70. The normalized spacial score (nSPS) is 11.6. The van der Waals surface area contributed by atoms with Gasteiger partial charge in [-0.05, 0) is 134 Å². The lowest BCUT2D eigenvalue weighted by Crippen LogP contribution is -2.13. The number of anilines is 3. The van der Waals surface area contributed by atoms with Crippen molar-refractivity contribution < 1.29 is 0 Å². The number of hydrogen-bond donors (Lipinski definition) is 0. The molecule has 1 nitrogen and oxygen atoms in total. The first-order chi connectivity index (χ1) is 23.6. The van der Waals surface area contributed by atoms with Crippen molar-refractivity contribution in [2.75, 3.05) is 4.90 Å². The van der Waals surface area contributed by atoms with Crippen molar-refractivity contribution in [1.29, 1.82) is 0 Å². The predicted molar refractivity (Wildman–Crippen MR) is 206 cm³/mol. The molecule has 0 fully saturated rings. The Kier molecular flexibility index (Phi) is 6.55. The number of fused-ring (bicyclic) bond motifs is 6. The van der Waals surface area contributed by atoms with Crippen LogP contribution in [-0.2, 0) is 0 Å². The van der Waals surface area contributed by atoms with E-state index in [1.807, 2.05) is 0 Å². The minimum Gasteiger partial charge on any atom is -0.310 e. The molecule has 1 aliphatic rings. The van der Waals surface area contributed by atoms with Crippen LogP contribution in [0.2, 0.25) is 0 Å². The van der Waals surface area contributed by atoms with Crippen molar-refractivity contribution in [3.63, 3.8) is 0 Å². The van der Waals surface area contributed by atoms with Gasteiger partial charge in [0.1, 0.15) is 0 Å². The molecule has 0 aliphatic heterocycles. The monoisotopic (exact) mass is 613 g/mol. The predicted octanol–water partition coefficient (Wildman–Crippen LogP) is 13.4. The maximum Gasteiger partial charge on any atom is 0.0520 e. The summed E-state index contributed by atoms with van der Waals surface area (Å²) in [5, 5.41) is 5.08. The first-order valence-corrected chi connectivity index (χ1v) is 16.8. The fourth-order valence-corrected chi connectivity index (χ4v) is 8.07. The quantitative estimate of drug-likeness (QED) is 0.187. The van der Waals surface area contributed by atoms with Gasteiger partial charge in [-0.2, -0.15) is 0 Å². The van der Waals surface area contributed by atoms with Gasteiger partial charge in [-0.15, -0.1) is 0 Å². The van der Waals surface area contributed by atoms with E-state index in [2.05, 4.69) is 183 Å². The van der Waals surface area contributed by atoms with Crippen LogP contribution in [0.15, 0.2) is 158 Å². The van der Waals surface area contributed by atoms with Crippen LogP contribution in [0.5, 0.6) is 0 Å². The zero-order chi connectivity index (χ0) is 32.4. The molecule has 0 unspecified atom stereocenters. The SMILES string of the molecule is Cc1cc(C)c(N(c2ccccc2)c2ccc3cc4c(cc3c2)-c2c-4c(-c3ccccc3)c3ccccc3c2-c2ccccc2)c(C)c1. The lowest BCUT2D eigenvalue weighted by Gasteiger charge is -2.33. The molecule has 8 aromatic carbocycles. The van der Waals surface area contributed by atoms with Crippen molar-refractivity contribution in [2.24, 2.45) is 0 Å². The molecule has 0 bridgehead atoms. The van der Waals surface area contributed by atoms with Gasteiger partial charge in [0.2, 0.25) is 0 Å². The minimum absolute atomic E-state index is 1.16. The molecule has 228 valence electrons. The van der Waals surface area contributed by atoms with E-state index in [1.54, 1.807) is 0 Å².